The molecule has 1 aliphatic carbocycles. The predicted molar refractivity (Wildman–Crippen MR) is 46.5 cm³/mol. The first-order valence-electron chi connectivity index (χ1n) is 4.63. The number of aliphatic hydroxyl groups is 2. The highest BCUT2D eigenvalue weighted by atomic mass is 17.2. The molecule has 0 aromatic carbocycles. The minimum absolute atomic E-state index is 0.208. The highest BCUT2D eigenvalue weighted by molar-refractivity contribution is 4.87. The van der Waals surface area contributed by atoms with E-state index in [-0.39, 0.29) is 11.8 Å². The lowest BCUT2D eigenvalue weighted by Crippen LogP contribution is -2.31. The quantitative estimate of drug-likeness (QED) is 0.387. The molecule has 13 heavy (non-hydrogen) atoms. The molecule has 0 bridgehead atoms. The minimum atomic E-state index is -1.02. The second-order valence-electron chi connectivity index (χ2n) is 3.88. The molecular formula is C9H18O4. The van der Waals surface area contributed by atoms with Crippen LogP contribution in [-0.2, 0) is 9.78 Å². The maximum Gasteiger partial charge on any atom is 0.194 e. The second kappa shape index (κ2) is 4.37. The molecule has 78 valence electrons. The van der Waals surface area contributed by atoms with Gasteiger partial charge in [0.2, 0.25) is 0 Å². The molecule has 0 aromatic rings. The highest BCUT2D eigenvalue weighted by Gasteiger charge is 2.41. The summed E-state index contributed by atoms with van der Waals surface area (Å²) >= 11 is 0. The van der Waals surface area contributed by atoms with E-state index in [1.165, 1.54) is 7.11 Å². The van der Waals surface area contributed by atoms with Gasteiger partial charge in [0.1, 0.15) is 0 Å². The number of hydrogen-bond acceptors (Lipinski definition) is 4. The van der Waals surface area contributed by atoms with Gasteiger partial charge in [0.05, 0.1) is 13.2 Å². The Kier molecular flexibility index (Phi) is 3.67. The molecule has 0 aromatic heterocycles. The fourth-order valence-corrected chi connectivity index (χ4v) is 1.96. The van der Waals surface area contributed by atoms with Crippen molar-refractivity contribution in [3.63, 3.8) is 0 Å². The van der Waals surface area contributed by atoms with Crippen LogP contribution in [0.5, 0.6) is 0 Å². The molecule has 0 amide bonds. The van der Waals surface area contributed by atoms with E-state index >= 15 is 0 Å². The first kappa shape index (κ1) is 10.9. The highest BCUT2D eigenvalue weighted by Crippen LogP contribution is 2.38. The average molecular weight is 190 g/mol. The van der Waals surface area contributed by atoms with Crippen molar-refractivity contribution in [2.45, 2.75) is 32.7 Å². The smallest absolute Gasteiger partial charge is 0.194 e. The van der Waals surface area contributed by atoms with Crippen LogP contribution in [0.15, 0.2) is 0 Å². The van der Waals surface area contributed by atoms with Crippen LogP contribution in [0.25, 0.3) is 0 Å². The summed E-state index contributed by atoms with van der Waals surface area (Å²) < 4.78 is 0. The van der Waals surface area contributed by atoms with Crippen molar-refractivity contribution in [1.82, 2.24) is 0 Å². The van der Waals surface area contributed by atoms with E-state index < -0.39 is 12.4 Å². The van der Waals surface area contributed by atoms with Gasteiger partial charge in [-0.25, -0.2) is 9.78 Å². The van der Waals surface area contributed by atoms with Crippen LogP contribution in [-0.4, -0.2) is 29.7 Å². The van der Waals surface area contributed by atoms with Gasteiger partial charge in [-0.2, -0.15) is 0 Å². The van der Waals surface area contributed by atoms with Gasteiger partial charge in [-0.1, -0.05) is 13.8 Å². The molecule has 2 N–H and O–H groups in total. The normalized spacial score (nSPS) is 42.2. The van der Waals surface area contributed by atoms with Crippen LogP contribution in [0.4, 0.5) is 0 Å². The van der Waals surface area contributed by atoms with E-state index in [4.69, 9.17) is 0 Å². The first-order valence-corrected chi connectivity index (χ1v) is 4.63. The molecule has 5 unspecified atom stereocenters. The molecule has 0 spiro atoms. The maximum atomic E-state index is 9.73. The fraction of sp³-hybridized carbons (Fsp3) is 1.00. The maximum absolute atomic E-state index is 9.73. The molecule has 1 saturated carbocycles. The van der Waals surface area contributed by atoms with Crippen molar-refractivity contribution in [2.24, 2.45) is 17.8 Å². The van der Waals surface area contributed by atoms with E-state index in [9.17, 15) is 10.2 Å². The largest absolute Gasteiger partial charge is 0.392 e. The zero-order valence-electron chi connectivity index (χ0n) is 8.30. The summed E-state index contributed by atoms with van der Waals surface area (Å²) in [5, 5.41) is 19.2. The zero-order valence-corrected chi connectivity index (χ0v) is 8.30. The minimum Gasteiger partial charge on any atom is -0.392 e. The van der Waals surface area contributed by atoms with Crippen LogP contribution in [0, 0.1) is 17.8 Å². The van der Waals surface area contributed by atoms with Crippen molar-refractivity contribution in [3.05, 3.63) is 0 Å². The lowest BCUT2D eigenvalue weighted by molar-refractivity contribution is -0.370. The zero-order chi connectivity index (χ0) is 10.0. The molecule has 0 heterocycles. The Morgan fingerprint density at radius 1 is 1.38 bits per heavy atom. The monoisotopic (exact) mass is 190 g/mol. The summed E-state index contributed by atoms with van der Waals surface area (Å²) in [6.45, 7) is 4.04. The lowest BCUT2D eigenvalue weighted by Gasteiger charge is -2.20. The number of aliphatic hydroxyl groups excluding tert-OH is 2. The van der Waals surface area contributed by atoms with Crippen LogP contribution >= 0.6 is 0 Å². The Balaban J connectivity index is 2.52. The van der Waals surface area contributed by atoms with Crippen molar-refractivity contribution >= 4 is 0 Å². The van der Waals surface area contributed by atoms with Crippen molar-refractivity contribution in [3.8, 4) is 0 Å². The van der Waals surface area contributed by atoms with Gasteiger partial charge in [0.25, 0.3) is 0 Å². The molecule has 0 radical (unpaired) electrons. The lowest BCUT2D eigenvalue weighted by atomic mass is 9.99. The summed E-state index contributed by atoms with van der Waals surface area (Å²) in [5.74, 6) is 0.389. The van der Waals surface area contributed by atoms with Crippen LogP contribution in [0.1, 0.15) is 20.3 Å². The first-order chi connectivity index (χ1) is 6.07. The van der Waals surface area contributed by atoms with Gasteiger partial charge in [-0.3, -0.25) is 0 Å². The Labute approximate surface area is 78.4 Å². The van der Waals surface area contributed by atoms with Gasteiger partial charge in [-0.05, 0) is 18.3 Å². The average Bonchev–Trinajstić information content (AvgIpc) is 2.33. The summed E-state index contributed by atoms with van der Waals surface area (Å²) in [7, 11) is 1.34. The summed E-state index contributed by atoms with van der Waals surface area (Å²) in [4.78, 5) is 8.96. The molecule has 4 heteroatoms. The Morgan fingerprint density at radius 3 is 2.38 bits per heavy atom. The molecular weight excluding hydrogens is 172 g/mol. The summed E-state index contributed by atoms with van der Waals surface area (Å²) in [6, 6.07) is 0. The third-order valence-electron chi connectivity index (χ3n) is 3.08. The molecule has 0 saturated heterocycles. The van der Waals surface area contributed by atoms with E-state index in [0.717, 1.165) is 6.42 Å². The SMILES string of the molecule is COOC(O)C1CC(C)C(C)C1O. The Morgan fingerprint density at radius 2 is 2.00 bits per heavy atom. The van der Waals surface area contributed by atoms with Crippen LogP contribution in [0.2, 0.25) is 0 Å². The van der Waals surface area contributed by atoms with E-state index in [1.807, 2.05) is 6.92 Å². The summed E-state index contributed by atoms with van der Waals surface area (Å²) in [6.07, 6.45) is -0.750. The van der Waals surface area contributed by atoms with E-state index in [1.54, 1.807) is 0 Å². The third kappa shape index (κ3) is 2.20. The van der Waals surface area contributed by atoms with Gasteiger partial charge in [0.15, 0.2) is 6.29 Å². The van der Waals surface area contributed by atoms with Crippen molar-refractivity contribution in [1.29, 1.82) is 0 Å². The Bertz CT molecular complexity index is 162. The molecule has 0 aliphatic heterocycles. The van der Waals surface area contributed by atoms with Crippen molar-refractivity contribution < 1.29 is 20.0 Å². The second-order valence-corrected chi connectivity index (χ2v) is 3.88. The molecule has 1 aliphatic rings. The topological polar surface area (TPSA) is 58.9 Å². The van der Waals surface area contributed by atoms with Crippen LogP contribution in [0.3, 0.4) is 0 Å². The standard InChI is InChI=1S/C9H18O4/c1-5-4-7(8(10)6(5)2)9(11)13-12-3/h5-11H,4H2,1-3H3. The van der Waals surface area contributed by atoms with Crippen molar-refractivity contribution in [2.75, 3.05) is 7.11 Å². The molecule has 1 fully saturated rings. The number of hydrogen-bond donors (Lipinski definition) is 2. The van der Waals surface area contributed by atoms with E-state index in [0.29, 0.717) is 5.92 Å². The predicted octanol–water partition coefficient (Wildman–Crippen LogP) is 0.536. The molecule has 5 atom stereocenters. The Hall–Kier alpha value is -0.160. The molecule has 1 rings (SSSR count). The fourth-order valence-electron chi connectivity index (χ4n) is 1.96. The van der Waals surface area contributed by atoms with Gasteiger partial charge < -0.3 is 10.2 Å². The molecule has 4 nitrogen and oxygen atoms in total. The van der Waals surface area contributed by atoms with Crippen LogP contribution < -0.4 is 0 Å². The van der Waals surface area contributed by atoms with Gasteiger partial charge >= 0.3 is 0 Å². The summed E-state index contributed by atoms with van der Waals surface area (Å²) in [5.41, 5.74) is 0. The van der Waals surface area contributed by atoms with Gasteiger partial charge in [0, 0.05) is 5.92 Å². The number of rotatable bonds is 3. The van der Waals surface area contributed by atoms with Gasteiger partial charge in [-0.15, -0.1) is 0 Å². The third-order valence-corrected chi connectivity index (χ3v) is 3.08. The van der Waals surface area contributed by atoms with E-state index in [2.05, 4.69) is 16.7 Å².